The van der Waals surface area contributed by atoms with Gasteiger partial charge in [0, 0.05) is 12.6 Å². The highest BCUT2D eigenvalue weighted by atomic mass is 32.2. The van der Waals surface area contributed by atoms with E-state index < -0.39 is 10.0 Å². The minimum atomic E-state index is -3.52. The zero-order valence-electron chi connectivity index (χ0n) is 13.2. The molecule has 1 aromatic rings. The van der Waals surface area contributed by atoms with Crippen LogP contribution in [-0.4, -0.2) is 30.4 Å². The number of aliphatic hydroxyl groups is 1. The number of rotatable bonds is 3. The summed E-state index contributed by atoms with van der Waals surface area (Å²) in [5.41, 5.74) is 1.32. The fourth-order valence-corrected chi connectivity index (χ4v) is 5.33. The average Bonchev–Trinajstić information content (AvgIpc) is 2.42. The van der Waals surface area contributed by atoms with Crippen LogP contribution in [0.3, 0.4) is 0 Å². The largest absolute Gasteiger partial charge is 0.392 e. The number of nitrogens with zero attached hydrogens (tertiary/aromatic N) is 1. The van der Waals surface area contributed by atoms with E-state index >= 15 is 0 Å². The van der Waals surface area contributed by atoms with Crippen LogP contribution in [0.25, 0.3) is 0 Å². The molecular weight excluding hydrogens is 286 g/mol. The van der Waals surface area contributed by atoms with Crippen molar-refractivity contribution >= 4 is 10.0 Å². The highest BCUT2D eigenvalue weighted by Crippen LogP contribution is 2.33. The standard InChI is InChI=1S/C16H25NO3S/c1-11-8-12(2)14(4)17(9-11)21(19,20)16-7-5-6-15(10-18)13(16)3/h5-7,11-12,14,18H,8-10H2,1-4H3. The first-order valence-corrected chi connectivity index (χ1v) is 8.94. The highest BCUT2D eigenvalue weighted by Gasteiger charge is 2.37. The van der Waals surface area contributed by atoms with Crippen molar-refractivity contribution in [3.63, 3.8) is 0 Å². The molecule has 1 N–H and O–H groups in total. The van der Waals surface area contributed by atoms with E-state index in [9.17, 15) is 13.5 Å². The molecule has 3 atom stereocenters. The molecule has 2 rings (SSSR count). The van der Waals surface area contributed by atoms with Crippen LogP contribution in [0.1, 0.15) is 38.3 Å². The monoisotopic (exact) mass is 311 g/mol. The lowest BCUT2D eigenvalue weighted by Crippen LogP contribution is -2.48. The van der Waals surface area contributed by atoms with Gasteiger partial charge in [-0.1, -0.05) is 26.0 Å². The van der Waals surface area contributed by atoms with E-state index in [2.05, 4.69) is 13.8 Å². The van der Waals surface area contributed by atoms with Crippen LogP contribution in [0.2, 0.25) is 0 Å². The molecular formula is C16H25NO3S. The maximum Gasteiger partial charge on any atom is 0.243 e. The Labute approximate surface area is 127 Å². The molecule has 0 saturated carbocycles. The highest BCUT2D eigenvalue weighted by molar-refractivity contribution is 7.89. The molecule has 1 aromatic carbocycles. The maximum atomic E-state index is 13.0. The first kappa shape index (κ1) is 16.5. The summed E-state index contributed by atoms with van der Waals surface area (Å²) in [6.45, 7) is 8.38. The first-order valence-electron chi connectivity index (χ1n) is 7.50. The molecule has 0 amide bonds. The van der Waals surface area contributed by atoms with Gasteiger partial charge in [0.05, 0.1) is 11.5 Å². The van der Waals surface area contributed by atoms with Crippen molar-refractivity contribution in [2.75, 3.05) is 6.54 Å². The Hall–Kier alpha value is -0.910. The van der Waals surface area contributed by atoms with Gasteiger partial charge in [-0.05, 0) is 49.3 Å². The topological polar surface area (TPSA) is 57.6 Å². The number of piperidine rings is 1. The molecule has 1 saturated heterocycles. The Balaban J connectivity index is 2.47. The summed E-state index contributed by atoms with van der Waals surface area (Å²) in [6, 6.07) is 5.11. The summed E-state index contributed by atoms with van der Waals surface area (Å²) in [6.07, 6.45) is 1.06. The van der Waals surface area contributed by atoms with Crippen LogP contribution < -0.4 is 0 Å². The van der Waals surface area contributed by atoms with Gasteiger partial charge >= 0.3 is 0 Å². The third-order valence-electron chi connectivity index (χ3n) is 4.70. The van der Waals surface area contributed by atoms with Gasteiger partial charge in [-0.25, -0.2) is 8.42 Å². The Bertz CT molecular complexity index is 612. The zero-order valence-corrected chi connectivity index (χ0v) is 14.0. The van der Waals surface area contributed by atoms with E-state index in [1.54, 1.807) is 29.4 Å². The fourth-order valence-electron chi connectivity index (χ4n) is 3.22. The normalized spacial score (nSPS) is 27.8. The summed E-state index contributed by atoms with van der Waals surface area (Å²) in [4.78, 5) is 0.321. The summed E-state index contributed by atoms with van der Waals surface area (Å²) in [5.74, 6) is 0.720. The van der Waals surface area contributed by atoms with Crippen LogP contribution in [0.4, 0.5) is 0 Å². The van der Waals surface area contributed by atoms with Gasteiger partial charge in [0.25, 0.3) is 0 Å². The molecule has 0 bridgehead atoms. The van der Waals surface area contributed by atoms with Crippen LogP contribution in [-0.2, 0) is 16.6 Å². The van der Waals surface area contributed by atoms with Gasteiger partial charge < -0.3 is 5.11 Å². The Morgan fingerprint density at radius 3 is 2.57 bits per heavy atom. The number of hydrogen-bond donors (Lipinski definition) is 1. The SMILES string of the molecule is Cc1c(CO)cccc1S(=O)(=O)N1CC(C)CC(C)C1C. The number of aliphatic hydroxyl groups excluding tert-OH is 1. The predicted molar refractivity (Wildman–Crippen MR) is 83.4 cm³/mol. The molecule has 5 heteroatoms. The van der Waals surface area contributed by atoms with Crippen molar-refractivity contribution < 1.29 is 13.5 Å². The molecule has 3 unspecified atom stereocenters. The Kier molecular flexibility index (Phi) is 4.76. The molecule has 118 valence electrons. The van der Waals surface area contributed by atoms with E-state index in [1.807, 2.05) is 6.92 Å². The molecule has 1 heterocycles. The Morgan fingerprint density at radius 1 is 1.29 bits per heavy atom. The summed E-state index contributed by atoms with van der Waals surface area (Å²) < 4.78 is 27.7. The molecule has 1 fully saturated rings. The van der Waals surface area contributed by atoms with Gasteiger partial charge in [-0.15, -0.1) is 0 Å². The van der Waals surface area contributed by atoms with E-state index in [4.69, 9.17) is 0 Å². The third-order valence-corrected chi connectivity index (χ3v) is 6.79. The smallest absolute Gasteiger partial charge is 0.243 e. The maximum absolute atomic E-state index is 13.0. The predicted octanol–water partition coefficient (Wildman–Crippen LogP) is 2.54. The van der Waals surface area contributed by atoms with Crippen molar-refractivity contribution in [2.24, 2.45) is 11.8 Å². The molecule has 0 spiro atoms. The number of hydrogen-bond acceptors (Lipinski definition) is 3. The second kappa shape index (κ2) is 6.07. The minimum Gasteiger partial charge on any atom is -0.392 e. The quantitative estimate of drug-likeness (QED) is 0.933. The van der Waals surface area contributed by atoms with Crippen LogP contribution in [0.15, 0.2) is 23.1 Å². The van der Waals surface area contributed by atoms with Gasteiger partial charge in [-0.2, -0.15) is 4.31 Å². The molecule has 0 radical (unpaired) electrons. The van der Waals surface area contributed by atoms with Crippen molar-refractivity contribution in [1.29, 1.82) is 0 Å². The minimum absolute atomic E-state index is 0.00313. The van der Waals surface area contributed by atoms with Gasteiger partial charge in [0.15, 0.2) is 0 Å². The van der Waals surface area contributed by atoms with Gasteiger partial charge in [0.1, 0.15) is 0 Å². The molecule has 1 aliphatic heterocycles. The molecule has 4 nitrogen and oxygen atoms in total. The molecule has 0 aliphatic carbocycles. The van der Waals surface area contributed by atoms with Gasteiger partial charge in [-0.3, -0.25) is 0 Å². The van der Waals surface area contributed by atoms with Crippen molar-refractivity contribution in [3.05, 3.63) is 29.3 Å². The first-order chi connectivity index (χ1) is 9.78. The molecule has 0 aromatic heterocycles. The summed E-state index contributed by atoms with van der Waals surface area (Å²) >= 11 is 0. The lowest BCUT2D eigenvalue weighted by atomic mass is 9.88. The van der Waals surface area contributed by atoms with Crippen LogP contribution in [0.5, 0.6) is 0 Å². The average molecular weight is 311 g/mol. The summed E-state index contributed by atoms with van der Waals surface area (Å²) in [5, 5.41) is 9.35. The van der Waals surface area contributed by atoms with Crippen molar-refractivity contribution in [1.82, 2.24) is 4.31 Å². The lowest BCUT2D eigenvalue weighted by molar-refractivity contribution is 0.157. The second-order valence-corrected chi connectivity index (χ2v) is 8.19. The molecule has 1 aliphatic rings. The van der Waals surface area contributed by atoms with Crippen molar-refractivity contribution in [3.8, 4) is 0 Å². The van der Waals surface area contributed by atoms with Crippen molar-refractivity contribution in [2.45, 2.75) is 51.7 Å². The van der Waals surface area contributed by atoms with Gasteiger partial charge in [0.2, 0.25) is 10.0 Å². The van der Waals surface area contributed by atoms with E-state index in [0.29, 0.717) is 34.4 Å². The zero-order chi connectivity index (χ0) is 15.8. The van der Waals surface area contributed by atoms with E-state index in [1.165, 1.54) is 0 Å². The second-order valence-electron chi connectivity index (χ2n) is 6.33. The summed E-state index contributed by atoms with van der Waals surface area (Å²) in [7, 11) is -3.52. The van der Waals surface area contributed by atoms with E-state index in [0.717, 1.165) is 6.42 Å². The van der Waals surface area contributed by atoms with Crippen LogP contribution >= 0.6 is 0 Å². The molecule has 21 heavy (non-hydrogen) atoms. The van der Waals surface area contributed by atoms with Crippen LogP contribution in [0, 0.1) is 18.8 Å². The van der Waals surface area contributed by atoms with E-state index in [-0.39, 0.29) is 12.6 Å². The Morgan fingerprint density at radius 2 is 1.95 bits per heavy atom. The number of benzene rings is 1. The third kappa shape index (κ3) is 3.00. The fraction of sp³-hybridized carbons (Fsp3) is 0.625. The lowest BCUT2D eigenvalue weighted by Gasteiger charge is -2.40. The number of sulfonamides is 1.